The highest BCUT2D eigenvalue weighted by molar-refractivity contribution is 5.92. The molecule has 1 N–H and O–H groups in total. The number of carbonyl (C=O) groups is 1. The Bertz CT molecular complexity index is 864. The van der Waals surface area contributed by atoms with Crippen LogP contribution in [0.25, 0.3) is 16.7 Å². The van der Waals surface area contributed by atoms with Crippen molar-refractivity contribution in [3.8, 4) is 5.69 Å². The van der Waals surface area contributed by atoms with Crippen LogP contribution in [0.1, 0.15) is 27.9 Å². The van der Waals surface area contributed by atoms with E-state index in [1.807, 2.05) is 10.6 Å². The first-order valence-corrected chi connectivity index (χ1v) is 7.05. The molecule has 3 aromatic rings. The van der Waals surface area contributed by atoms with Crippen molar-refractivity contribution in [1.29, 1.82) is 0 Å². The van der Waals surface area contributed by atoms with Gasteiger partial charge in [0.25, 0.3) is 0 Å². The summed E-state index contributed by atoms with van der Waals surface area (Å²) in [6.45, 7) is 0. The van der Waals surface area contributed by atoms with Gasteiger partial charge in [-0.05, 0) is 60.7 Å². The van der Waals surface area contributed by atoms with E-state index in [2.05, 4.69) is 23.2 Å². The Hall–Kier alpha value is -2.62. The van der Waals surface area contributed by atoms with Gasteiger partial charge in [0.05, 0.1) is 16.6 Å². The zero-order chi connectivity index (χ0) is 14.4. The lowest BCUT2D eigenvalue weighted by molar-refractivity contribution is 0.0697. The number of aryl methyl sites for hydroxylation is 2. The van der Waals surface area contributed by atoms with E-state index in [0.29, 0.717) is 5.52 Å². The lowest BCUT2D eigenvalue weighted by Crippen LogP contribution is -1.97. The minimum Gasteiger partial charge on any atom is -0.478 e. The Labute approximate surface area is 121 Å². The molecule has 0 spiro atoms. The molecule has 0 atom stereocenters. The molecule has 0 saturated heterocycles. The van der Waals surface area contributed by atoms with E-state index in [1.165, 1.54) is 24.0 Å². The van der Waals surface area contributed by atoms with Gasteiger partial charge >= 0.3 is 5.97 Å². The molecular weight excluding hydrogens is 264 g/mol. The van der Waals surface area contributed by atoms with E-state index in [9.17, 15) is 4.79 Å². The highest BCUT2D eigenvalue weighted by atomic mass is 16.4. The molecule has 4 heteroatoms. The number of fused-ring (bicyclic) bond motifs is 2. The average Bonchev–Trinajstić information content (AvgIpc) is 3.12. The van der Waals surface area contributed by atoms with Crippen LogP contribution in [0.15, 0.2) is 42.7 Å². The molecule has 0 radical (unpaired) electrons. The van der Waals surface area contributed by atoms with Gasteiger partial charge in [-0.3, -0.25) is 4.57 Å². The quantitative estimate of drug-likeness (QED) is 0.783. The summed E-state index contributed by atoms with van der Waals surface area (Å²) in [5, 5.41) is 9.04. The Morgan fingerprint density at radius 3 is 2.81 bits per heavy atom. The number of aromatic carboxylic acids is 1. The summed E-state index contributed by atoms with van der Waals surface area (Å²) >= 11 is 0. The van der Waals surface area contributed by atoms with Gasteiger partial charge in [0.1, 0.15) is 6.33 Å². The monoisotopic (exact) mass is 278 g/mol. The molecule has 1 aliphatic rings. The minimum atomic E-state index is -0.927. The minimum absolute atomic E-state index is 0.265. The maximum Gasteiger partial charge on any atom is 0.335 e. The van der Waals surface area contributed by atoms with Gasteiger partial charge in [0.2, 0.25) is 0 Å². The van der Waals surface area contributed by atoms with Crippen LogP contribution in [0.3, 0.4) is 0 Å². The largest absolute Gasteiger partial charge is 0.478 e. The predicted octanol–water partition coefficient (Wildman–Crippen LogP) is 3.21. The fourth-order valence-electron chi connectivity index (χ4n) is 3.06. The number of hydrogen-bond acceptors (Lipinski definition) is 2. The van der Waals surface area contributed by atoms with E-state index in [1.54, 1.807) is 18.5 Å². The third-order valence-electron chi connectivity index (χ3n) is 4.15. The Morgan fingerprint density at radius 1 is 1.10 bits per heavy atom. The van der Waals surface area contributed by atoms with Crippen LogP contribution < -0.4 is 0 Å². The van der Waals surface area contributed by atoms with E-state index >= 15 is 0 Å². The van der Waals surface area contributed by atoms with Gasteiger partial charge in [0, 0.05) is 5.69 Å². The SMILES string of the molecule is O=C(O)c1ccc2c(c1)ncn2-c1ccc2c(c1)CCC2. The number of nitrogens with zero attached hydrogens (tertiary/aromatic N) is 2. The number of carboxylic acids is 1. The van der Waals surface area contributed by atoms with Crippen LogP contribution in [0, 0.1) is 0 Å². The van der Waals surface area contributed by atoms with Crippen molar-refractivity contribution < 1.29 is 9.90 Å². The van der Waals surface area contributed by atoms with E-state index < -0.39 is 5.97 Å². The summed E-state index contributed by atoms with van der Waals surface area (Å²) in [5.41, 5.74) is 5.84. The zero-order valence-electron chi connectivity index (χ0n) is 11.4. The van der Waals surface area contributed by atoms with Gasteiger partial charge in [-0.15, -0.1) is 0 Å². The summed E-state index contributed by atoms with van der Waals surface area (Å²) < 4.78 is 2.01. The van der Waals surface area contributed by atoms with Crippen molar-refractivity contribution in [3.05, 3.63) is 59.4 Å². The Balaban J connectivity index is 1.85. The summed E-state index contributed by atoms with van der Waals surface area (Å²) in [6.07, 6.45) is 5.29. The standard InChI is InChI=1S/C17H14N2O2/c20-17(21)13-5-7-16-15(9-13)18-10-19(16)14-6-4-11-2-1-3-12(11)8-14/h4-10H,1-3H2,(H,20,21). The molecule has 104 valence electrons. The first-order valence-electron chi connectivity index (χ1n) is 7.05. The molecule has 0 saturated carbocycles. The molecule has 0 fully saturated rings. The van der Waals surface area contributed by atoms with Crippen LogP contribution in [0.4, 0.5) is 0 Å². The maximum absolute atomic E-state index is 11.0. The Kier molecular flexibility index (Phi) is 2.57. The molecule has 0 bridgehead atoms. The molecule has 0 unspecified atom stereocenters. The van der Waals surface area contributed by atoms with Crippen LogP contribution in [0.2, 0.25) is 0 Å². The van der Waals surface area contributed by atoms with Gasteiger partial charge in [-0.1, -0.05) is 6.07 Å². The molecule has 1 aliphatic carbocycles. The Morgan fingerprint density at radius 2 is 1.95 bits per heavy atom. The van der Waals surface area contributed by atoms with Gasteiger partial charge in [-0.25, -0.2) is 9.78 Å². The highest BCUT2D eigenvalue weighted by Crippen LogP contribution is 2.26. The van der Waals surface area contributed by atoms with Crippen molar-refractivity contribution >= 4 is 17.0 Å². The summed E-state index contributed by atoms with van der Waals surface area (Å²) in [5.74, 6) is -0.927. The first kappa shape index (κ1) is 12.1. The van der Waals surface area contributed by atoms with Crippen molar-refractivity contribution in [2.45, 2.75) is 19.3 Å². The van der Waals surface area contributed by atoms with Crippen molar-refractivity contribution in [1.82, 2.24) is 9.55 Å². The zero-order valence-corrected chi connectivity index (χ0v) is 11.4. The van der Waals surface area contributed by atoms with Crippen LogP contribution in [-0.2, 0) is 12.8 Å². The summed E-state index contributed by atoms with van der Waals surface area (Å²) in [4.78, 5) is 15.3. The average molecular weight is 278 g/mol. The van der Waals surface area contributed by atoms with Crippen molar-refractivity contribution in [2.75, 3.05) is 0 Å². The smallest absolute Gasteiger partial charge is 0.335 e. The molecule has 0 aliphatic heterocycles. The van der Waals surface area contributed by atoms with Gasteiger partial charge in [-0.2, -0.15) is 0 Å². The molecule has 4 rings (SSSR count). The van der Waals surface area contributed by atoms with E-state index in [4.69, 9.17) is 5.11 Å². The highest BCUT2D eigenvalue weighted by Gasteiger charge is 2.13. The van der Waals surface area contributed by atoms with Crippen molar-refractivity contribution in [2.24, 2.45) is 0 Å². The molecule has 0 amide bonds. The summed E-state index contributed by atoms with van der Waals surface area (Å²) in [6, 6.07) is 11.6. The normalized spacial score (nSPS) is 13.5. The second-order valence-electron chi connectivity index (χ2n) is 5.43. The lowest BCUT2D eigenvalue weighted by atomic mass is 10.1. The first-order chi connectivity index (χ1) is 10.2. The maximum atomic E-state index is 11.0. The van der Waals surface area contributed by atoms with Crippen LogP contribution in [-0.4, -0.2) is 20.6 Å². The number of carboxylic acid groups (broad SMARTS) is 1. The number of imidazole rings is 1. The third-order valence-corrected chi connectivity index (χ3v) is 4.15. The summed E-state index contributed by atoms with van der Waals surface area (Å²) in [7, 11) is 0. The van der Waals surface area contributed by atoms with E-state index in [0.717, 1.165) is 17.6 Å². The molecule has 1 heterocycles. The van der Waals surface area contributed by atoms with Crippen LogP contribution >= 0.6 is 0 Å². The fourth-order valence-corrected chi connectivity index (χ4v) is 3.06. The second-order valence-corrected chi connectivity index (χ2v) is 5.43. The molecule has 21 heavy (non-hydrogen) atoms. The number of aromatic nitrogens is 2. The van der Waals surface area contributed by atoms with Crippen LogP contribution in [0.5, 0.6) is 0 Å². The topological polar surface area (TPSA) is 55.1 Å². The molecular formula is C17H14N2O2. The number of rotatable bonds is 2. The van der Waals surface area contributed by atoms with Gasteiger partial charge < -0.3 is 5.11 Å². The molecule has 2 aromatic carbocycles. The van der Waals surface area contributed by atoms with Gasteiger partial charge in [0.15, 0.2) is 0 Å². The molecule has 1 aromatic heterocycles. The third kappa shape index (κ3) is 1.91. The lowest BCUT2D eigenvalue weighted by Gasteiger charge is -2.07. The molecule has 4 nitrogen and oxygen atoms in total. The van der Waals surface area contributed by atoms with Crippen molar-refractivity contribution in [3.63, 3.8) is 0 Å². The predicted molar refractivity (Wildman–Crippen MR) is 80.1 cm³/mol. The van der Waals surface area contributed by atoms with E-state index in [-0.39, 0.29) is 5.56 Å². The number of benzene rings is 2. The number of hydrogen-bond donors (Lipinski definition) is 1. The fraction of sp³-hybridized carbons (Fsp3) is 0.176. The second kappa shape index (κ2) is 4.45.